The second-order valence-electron chi connectivity index (χ2n) is 7.83. The minimum absolute atomic E-state index is 0.256. The maximum atomic E-state index is 8.72. The highest BCUT2D eigenvalue weighted by molar-refractivity contribution is 5.74. The van der Waals surface area contributed by atoms with Gasteiger partial charge in [0.05, 0.1) is 0 Å². The SMILES string of the molecule is OCCCCc1ccc2c(n1)CCCC2.OCCCCc1ccc2cccnc2n1. The van der Waals surface area contributed by atoms with E-state index in [1.54, 1.807) is 6.20 Å². The maximum absolute atomic E-state index is 8.72. The highest BCUT2D eigenvalue weighted by atomic mass is 16.3. The number of hydrogen-bond acceptors (Lipinski definition) is 5. The Kier molecular flexibility index (Phi) is 9.19. The lowest BCUT2D eigenvalue weighted by Crippen LogP contribution is -2.07. The summed E-state index contributed by atoms with van der Waals surface area (Å²) in [6.07, 6.45) is 12.4. The monoisotopic (exact) mass is 407 g/mol. The Hall–Kier alpha value is -2.37. The van der Waals surface area contributed by atoms with Gasteiger partial charge in [-0.3, -0.25) is 4.98 Å². The first kappa shape index (κ1) is 22.3. The molecule has 0 aliphatic heterocycles. The summed E-state index contributed by atoms with van der Waals surface area (Å²) in [5.74, 6) is 0. The molecule has 160 valence electrons. The van der Waals surface area contributed by atoms with Crippen molar-refractivity contribution in [3.05, 3.63) is 65.2 Å². The molecule has 0 radical (unpaired) electrons. The van der Waals surface area contributed by atoms with E-state index in [0.717, 1.165) is 61.7 Å². The van der Waals surface area contributed by atoms with Crippen LogP contribution in [0.5, 0.6) is 0 Å². The van der Waals surface area contributed by atoms with E-state index in [4.69, 9.17) is 15.2 Å². The molecule has 0 atom stereocenters. The van der Waals surface area contributed by atoms with Gasteiger partial charge < -0.3 is 10.2 Å². The van der Waals surface area contributed by atoms with Crippen molar-refractivity contribution in [2.45, 2.75) is 64.2 Å². The van der Waals surface area contributed by atoms with Crippen LogP contribution in [0, 0.1) is 0 Å². The third kappa shape index (κ3) is 6.85. The van der Waals surface area contributed by atoms with Gasteiger partial charge in [-0.25, -0.2) is 9.97 Å². The van der Waals surface area contributed by atoms with E-state index in [9.17, 15) is 0 Å². The van der Waals surface area contributed by atoms with Crippen molar-refractivity contribution >= 4 is 11.0 Å². The van der Waals surface area contributed by atoms with Crippen molar-refractivity contribution in [3.8, 4) is 0 Å². The number of fused-ring (bicyclic) bond motifs is 2. The molecule has 0 bridgehead atoms. The number of aromatic nitrogens is 3. The summed E-state index contributed by atoms with van der Waals surface area (Å²) in [5.41, 5.74) is 5.83. The maximum Gasteiger partial charge on any atom is 0.159 e. The van der Waals surface area contributed by atoms with Crippen LogP contribution in [0.25, 0.3) is 11.0 Å². The minimum Gasteiger partial charge on any atom is -0.396 e. The molecule has 3 aromatic heterocycles. The molecule has 3 aromatic rings. The predicted octanol–water partition coefficient (Wildman–Crippen LogP) is 4.22. The molecule has 0 spiro atoms. The second kappa shape index (κ2) is 12.4. The summed E-state index contributed by atoms with van der Waals surface area (Å²) in [7, 11) is 0. The quantitative estimate of drug-likeness (QED) is 0.547. The van der Waals surface area contributed by atoms with Crippen LogP contribution < -0.4 is 0 Å². The molecule has 5 heteroatoms. The molecule has 5 nitrogen and oxygen atoms in total. The summed E-state index contributed by atoms with van der Waals surface area (Å²) in [6, 6.07) is 12.4. The molecule has 0 fully saturated rings. The third-order valence-electron chi connectivity index (χ3n) is 5.44. The van der Waals surface area contributed by atoms with Gasteiger partial charge in [0.2, 0.25) is 0 Å². The first-order chi connectivity index (χ1) is 14.8. The van der Waals surface area contributed by atoms with Crippen LogP contribution in [-0.4, -0.2) is 38.4 Å². The van der Waals surface area contributed by atoms with E-state index >= 15 is 0 Å². The fourth-order valence-corrected chi connectivity index (χ4v) is 3.73. The lowest BCUT2D eigenvalue weighted by molar-refractivity contribution is 0.284. The van der Waals surface area contributed by atoms with Crippen LogP contribution in [0.1, 0.15) is 61.2 Å². The number of hydrogen-bond donors (Lipinski definition) is 2. The zero-order valence-electron chi connectivity index (χ0n) is 17.8. The molecule has 4 rings (SSSR count). The minimum atomic E-state index is 0.256. The first-order valence-electron chi connectivity index (χ1n) is 11.2. The average Bonchev–Trinajstić information content (AvgIpc) is 2.80. The number of aliphatic hydroxyl groups excluding tert-OH is 2. The number of unbranched alkanes of at least 4 members (excludes halogenated alkanes) is 2. The summed E-state index contributed by atoms with van der Waals surface area (Å²) < 4.78 is 0. The van der Waals surface area contributed by atoms with E-state index in [-0.39, 0.29) is 6.61 Å². The summed E-state index contributed by atoms with van der Waals surface area (Å²) in [4.78, 5) is 13.4. The van der Waals surface area contributed by atoms with Crippen LogP contribution in [0.3, 0.4) is 0 Å². The number of nitrogens with zero attached hydrogens (tertiary/aromatic N) is 3. The second-order valence-corrected chi connectivity index (χ2v) is 7.83. The van der Waals surface area contributed by atoms with Crippen molar-refractivity contribution in [2.24, 2.45) is 0 Å². The molecule has 0 saturated carbocycles. The molecule has 0 aromatic carbocycles. The van der Waals surface area contributed by atoms with Crippen LogP contribution in [0.4, 0.5) is 0 Å². The lowest BCUT2D eigenvalue weighted by Gasteiger charge is -2.15. The first-order valence-corrected chi connectivity index (χ1v) is 11.2. The predicted molar refractivity (Wildman–Crippen MR) is 120 cm³/mol. The summed E-state index contributed by atoms with van der Waals surface area (Å²) in [6.45, 7) is 0.552. The van der Waals surface area contributed by atoms with Crippen LogP contribution >= 0.6 is 0 Å². The molecule has 1 aliphatic rings. The van der Waals surface area contributed by atoms with E-state index in [1.807, 2.05) is 24.3 Å². The van der Waals surface area contributed by atoms with Crippen molar-refractivity contribution in [2.75, 3.05) is 13.2 Å². The average molecular weight is 408 g/mol. The number of aliphatic hydroxyl groups is 2. The fourth-order valence-electron chi connectivity index (χ4n) is 3.73. The van der Waals surface area contributed by atoms with Crippen LogP contribution in [0.15, 0.2) is 42.6 Å². The molecule has 2 N–H and O–H groups in total. The smallest absolute Gasteiger partial charge is 0.159 e. The summed E-state index contributed by atoms with van der Waals surface area (Å²) >= 11 is 0. The van der Waals surface area contributed by atoms with Crippen molar-refractivity contribution in [1.29, 1.82) is 0 Å². The zero-order chi connectivity index (χ0) is 21.0. The number of aryl methyl sites for hydroxylation is 4. The van der Waals surface area contributed by atoms with Gasteiger partial charge in [0.1, 0.15) is 0 Å². The molecule has 3 heterocycles. The van der Waals surface area contributed by atoms with Crippen molar-refractivity contribution in [1.82, 2.24) is 15.0 Å². The van der Waals surface area contributed by atoms with E-state index in [2.05, 4.69) is 22.1 Å². The van der Waals surface area contributed by atoms with Gasteiger partial charge in [-0.15, -0.1) is 0 Å². The van der Waals surface area contributed by atoms with E-state index in [0.29, 0.717) is 6.61 Å². The van der Waals surface area contributed by atoms with E-state index < -0.39 is 0 Å². The van der Waals surface area contributed by atoms with Gasteiger partial charge in [-0.2, -0.15) is 0 Å². The highest BCUT2D eigenvalue weighted by Crippen LogP contribution is 2.20. The Bertz CT molecular complexity index is 914. The molecule has 0 amide bonds. The Morgan fingerprint density at radius 3 is 2.20 bits per heavy atom. The highest BCUT2D eigenvalue weighted by Gasteiger charge is 2.10. The Morgan fingerprint density at radius 1 is 0.733 bits per heavy atom. The van der Waals surface area contributed by atoms with Gasteiger partial charge in [0, 0.05) is 41.9 Å². The van der Waals surface area contributed by atoms with Crippen molar-refractivity contribution < 1.29 is 10.2 Å². The van der Waals surface area contributed by atoms with Gasteiger partial charge >= 0.3 is 0 Å². The molecular formula is C25H33N3O2. The largest absolute Gasteiger partial charge is 0.396 e. The van der Waals surface area contributed by atoms with Gasteiger partial charge in [-0.05, 0) is 100 Å². The Morgan fingerprint density at radius 2 is 1.43 bits per heavy atom. The topological polar surface area (TPSA) is 79.1 Å². The number of pyridine rings is 3. The number of rotatable bonds is 8. The third-order valence-corrected chi connectivity index (χ3v) is 5.44. The van der Waals surface area contributed by atoms with Crippen molar-refractivity contribution in [3.63, 3.8) is 0 Å². The van der Waals surface area contributed by atoms with Gasteiger partial charge in [0.25, 0.3) is 0 Å². The molecule has 0 saturated heterocycles. The Balaban J connectivity index is 0.000000171. The van der Waals surface area contributed by atoms with Gasteiger partial charge in [-0.1, -0.05) is 6.07 Å². The fraction of sp³-hybridized carbons (Fsp3) is 0.480. The standard InChI is InChI=1S/C13H19NO.C12H14N2O/c15-10-4-3-6-12-9-8-11-5-1-2-7-13(11)14-12;15-9-2-1-5-11-7-6-10-4-3-8-13-12(10)14-11/h8-9,15H,1-7,10H2;3-4,6-8,15H,1-2,5,9H2. The van der Waals surface area contributed by atoms with Crippen LogP contribution in [0.2, 0.25) is 0 Å². The van der Waals surface area contributed by atoms with Crippen LogP contribution in [-0.2, 0) is 25.7 Å². The zero-order valence-corrected chi connectivity index (χ0v) is 17.8. The lowest BCUT2D eigenvalue weighted by atomic mass is 9.95. The Labute approximate surface area is 179 Å². The molecular weight excluding hydrogens is 374 g/mol. The molecule has 1 aliphatic carbocycles. The van der Waals surface area contributed by atoms with Gasteiger partial charge in [0.15, 0.2) is 5.65 Å². The molecule has 0 unspecified atom stereocenters. The normalized spacial score (nSPS) is 12.9. The summed E-state index contributed by atoms with van der Waals surface area (Å²) in [5, 5.41) is 18.5. The van der Waals surface area contributed by atoms with E-state index in [1.165, 1.54) is 36.2 Å². The molecule has 30 heavy (non-hydrogen) atoms.